The molecule has 3 rings (SSSR count). The van der Waals surface area contributed by atoms with Gasteiger partial charge in [-0.2, -0.15) is 0 Å². The van der Waals surface area contributed by atoms with Crippen LogP contribution in [0.25, 0.3) is 10.9 Å². The van der Waals surface area contributed by atoms with Gasteiger partial charge < -0.3 is 4.90 Å². The van der Waals surface area contributed by atoms with Gasteiger partial charge in [0.1, 0.15) is 12.1 Å². The van der Waals surface area contributed by atoms with E-state index in [1.54, 1.807) is 6.33 Å². The van der Waals surface area contributed by atoms with Crippen LogP contribution in [0.2, 0.25) is 0 Å². The van der Waals surface area contributed by atoms with Crippen LogP contribution in [0.1, 0.15) is 16.7 Å². The highest BCUT2D eigenvalue weighted by atomic mass is 35.5. The lowest BCUT2D eigenvalue weighted by Gasteiger charge is -2.20. The molecule has 0 atom stereocenters. The maximum atomic E-state index is 4.50. The molecule has 0 fully saturated rings. The predicted octanol–water partition coefficient (Wildman–Crippen LogP) is 4.74. The van der Waals surface area contributed by atoms with Crippen molar-refractivity contribution in [3.63, 3.8) is 0 Å². The van der Waals surface area contributed by atoms with Gasteiger partial charge in [0.25, 0.3) is 0 Å². The van der Waals surface area contributed by atoms with Crippen molar-refractivity contribution in [2.24, 2.45) is 0 Å². The highest BCUT2D eigenvalue weighted by molar-refractivity contribution is 5.92. The van der Waals surface area contributed by atoms with E-state index in [1.165, 1.54) is 16.7 Å². The summed E-state index contributed by atoms with van der Waals surface area (Å²) in [5.74, 6) is 0.939. The van der Waals surface area contributed by atoms with E-state index in [2.05, 4.69) is 72.0 Å². The minimum atomic E-state index is 0. The number of anilines is 2. The minimum absolute atomic E-state index is 0. The van der Waals surface area contributed by atoms with Gasteiger partial charge in [-0.05, 0) is 61.7 Å². The molecule has 0 amide bonds. The molecule has 1 heterocycles. The predicted molar refractivity (Wildman–Crippen MR) is 95.5 cm³/mol. The number of aromatic nitrogens is 2. The number of rotatable bonds is 2. The molecular formula is C18H20ClN3. The van der Waals surface area contributed by atoms with Crippen molar-refractivity contribution in [2.75, 3.05) is 11.9 Å². The van der Waals surface area contributed by atoms with Crippen LogP contribution >= 0.6 is 12.4 Å². The van der Waals surface area contributed by atoms with Crippen LogP contribution in [0.3, 0.4) is 0 Å². The van der Waals surface area contributed by atoms with Crippen LogP contribution < -0.4 is 4.90 Å². The Morgan fingerprint density at radius 1 is 0.909 bits per heavy atom. The number of hydrogen-bond acceptors (Lipinski definition) is 3. The Hall–Kier alpha value is -2.13. The second-order valence-electron chi connectivity index (χ2n) is 5.55. The van der Waals surface area contributed by atoms with Crippen molar-refractivity contribution >= 4 is 34.8 Å². The lowest BCUT2D eigenvalue weighted by atomic mass is 10.1. The normalized spacial score (nSPS) is 10.4. The Balaban J connectivity index is 0.00000176. The van der Waals surface area contributed by atoms with Crippen LogP contribution in [0.4, 0.5) is 11.5 Å². The molecule has 0 aliphatic heterocycles. The van der Waals surface area contributed by atoms with E-state index in [-0.39, 0.29) is 12.4 Å². The van der Waals surface area contributed by atoms with E-state index in [1.807, 2.05) is 7.05 Å². The van der Waals surface area contributed by atoms with Crippen molar-refractivity contribution in [3.8, 4) is 0 Å². The van der Waals surface area contributed by atoms with Crippen LogP contribution in [0.5, 0.6) is 0 Å². The average molecular weight is 314 g/mol. The fraction of sp³-hybridized carbons (Fsp3) is 0.222. The Bertz CT molecular complexity index is 815. The first-order chi connectivity index (χ1) is 10.1. The molecule has 3 aromatic rings. The van der Waals surface area contributed by atoms with Gasteiger partial charge in [-0.1, -0.05) is 12.1 Å². The topological polar surface area (TPSA) is 29.0 Å². The summed E-state index contributed by atoms with van der Waals surface area (Å²) in [6, 6.07) is 12.7. The molecule has 4 heteroatoms. The fourth-order valence-electron chi connectivity index (χ4n) is 2.53. The largest absolute Gasteiger partial charge is 0.329 e. The Morgan fingerprint density at radius 2 is 1.64 bits per heavy atom. The molecule has 0 unspecified atom stereocenters. The smallest absolute Gasteiger partial charge is 0.144 e. The van der Waals surface area contributed by atoms with Gasteiger partial charge in [0.05, 0.1) is 5.52 Å². The maximum absolute atomic E-state index is 4.50. The van der Waals surface area contributed by atoms with Crippen molar-refractivity contribution in [3.05, 3.63) is 59.4 Å². The first kappa shape index (κ1) is 16.2. The quantitative estimate of drug-likeness (QED) is 0.684. The molecule has 22 heavy (non-hydrogen) atoms. The number of aryl methyl sites for hydroxylation is 3. The molecule has 2 aromatic carbocycles. The molecule has 0 saturated heterocycles. The zero-order chi connectivity index (χ0) is 15.0. The molecular weight excluding hydrogens is 294 g/mol. The molecule has 1 aromatic heterocycles. The van der Waals surface area contributed by atoms with Gasteiger partial charge in [0.2, 0.25) is 0 Å². The van der Waals surface area contributed by atoms with Gasteiger partial charge >= 0.3 is 0 Å². The van der Waals surface area contributed by atoms with Crippen molar-refractivity contribution in [1.29, 1.82) is 0 Å². The van der Waals surface area contributed by atoms with Crippen LogP contribution in [-0.2, 0) is 0 Å². The SMILES string of the molecule is Cc1cccc(N(C)c2ncnc3cc(C)c(C)cc23)c1.Cl. The highest BCUT2D eigenvalue weighted by Crippen LogP contribution is 2.29. The first-order valence-corrected chi connectivity index (χ1v) is 7.08. The molecule has 0 radical (unpaired) electrons. The van der Waals surface area contributed by atoms with Crippen LogP contribution in [0, 0.1) is 20.8 Å². The van der Waals surface area contributed by atoms with Gasteiger partial charge in [0.15, 0.2) is 0 Å². The molecule has 0 aliphatic rings. The molecule has 0 bridgehead atoms. The average Bonchev–Trinajstić information content (AvgIpc) is 2.47. The molecule has 0 spiro atoms. The molecule has 0 aliphatic carbocycles. The summed E-state index contributed by atoms with van der Waals surface area (Å²) >= 11 is 0. The first-order valence-electron chi connectivity index (χ1n) is 7.08. The number of hydrogen-bond donors (Lipinski definition) is 0. The highest BCUT2D eigenvalue weighted by Gasteiger charge is 2.11. The second-order valence-corrected chi connectivity index (χ2v) is 5.55. The van der Waals surface area contributed by atoms with E-state index in [4.69, 9.17) is 0 Å². The lowest BCUT2D eigenvalue weighted by Crippen LogP contribution is -2.12. The Kier molecular flexibility index (Phi) is 4.67. The summed E-state index contributed by atoms with van der Waals surface area (Å²) in [5, 5.41) is 1.09. The summed E-state index contributed by atoms with van der Waals surface area (Å²) in [4.78, 5) is 11.0. The van der Waals surface area contributed by atoms with Gasteiger partial charge in [-0.3, -0.25) is 0 Å². The van der Waals surface area contributed by atoms with Crippen LogP contribution in [-0.4, -0.2) is 17.0 Å². The molecule has 0 saturated carbocycles. The van der Waals surface area contributed by atoms with Crippen molar-refractivity contribution in [1.82, 2.24) is 9.97 Å². The van der Waals surface area contributed by atoms with E-state index >= 15 is 0 Å². The second kappa shape index (κ2) is 6.32. The summed E-state index contributed by atoms with van der Waals surface area (Å²) in [6.07, 6.45) is 1.64. The number of nitrogens with zero attached hydrogens (tertiary/aromatic N) is 3. The molecule has 3 nitrogen and oxygen atoms in total. The van der Waals surface area contributed by atoms with Crippen molar-refractivity contribution < 1.29 is 0 Å². The maximum Gasteiger partial charge on any atom is 0.144 e. The Labute approximate surface area is 137 Å². The number of benzene rings is 2. The molecule has 0 N–H and O–H groups in total. The summed E-state index contributed by atoms with van der Waals surface area (Å²) < 4.78 is 0. The van der Waals surface area contributed by atoms with Gasteiger partial charge in [0, 0.05) is 18.1 Å². The summed E-state index contributed by atoms with van der Waals surface area (Å²) in [5.41, 5.74) is 5.88. The minimum Gasteiger partial charge on any atom is -0.329 e. The lowest BCUT2D eigenvalue weighted by molar-refractivity contribution is 1.11. The van der Waals surface area contributed by atoms with Crippen LogP contribution in [0.15, 0.2) is 42.7 Å². The zero-order valence-electron chi connectivity index (χ0n) is 13.3. The van der Waals surface area contributed by atoms with E-state index in [9.17, 15) is 0 Å². The van der Waals surface area contributed by atoms with Gasteiger partial charge in [-0.25, -0.2) is 9.97 Å². The number of fused-ring (bicyclic) bond motifs is 1. The third kappa shape index (κ3) is 2.90. The standard InChI is InChI=1S/C18H19N3.ClH/c1-12-6-5-7-15(8-12)21(4)18-16-9-13(2)14(3)10-17(16)19-11-20-18;/h5-11H,1-4H3;1H. The zero-order valence-corrected chi connectivity index (χ0v) is 14.1. The Morgan fingerprint density at radius 3 is 2.36 bits per heavy atom. The number of halogens is 1. The van der Waals surface area contributed by atoms with E-state index in [0.717, 1.165) is 22.4 Å². The summed E-state index contributed by atoms with van der Waals surface area (Å²) in [7, 11) is 2.05. The monoisotopic (exact) mass is 313 g/mol. The third-order valence-corrected chi connectivity index (χ3v) is 3.94. The fourth-order valence-corrected chi connectivity index (χ4v) is 2.53. The molecule has 114 valence electrons. The summed E-state index contributed by atoms with van der Waals surface area (Å²) in [6.45, 7) is 6.34. The van der Waals surface area contributed by atoms with E-state index in [0.29, 0.717) is 0 Å². The van der Waals surface area contributed by atoms with Crippen molar-refractivity contribution in [2.45, 2.75) is 20.8 Å². The third-order valence-electron chi connectivity index (χ3n) is 3.94. The van der Waals surface area contributed by atoms with Gasteiger partial charge in [-0.15, -0.1) is 12.4 Å². The van der Waals surface area contributed by atoms with E-state index < -0.39 is 0 Å².